The van der Waals surface area contributed by atoms with Gasteiger partial charge < -0.3 is 5.32 Å². The molecule has 11 heavy (non-hydrogen) atoms. The van der Waals surface area contributed by atoms with E-state index in [0.717, 1.165) is 0 Å². The number of hydrogen-bond donors (Lipinski definition) is 1. The summed E-state index contributed by atoms with van der Waals surface area (Å²) in [7, 11) is 0. The summed E-state index contributed by atoms with van der Waals surface area (Å²) in [6, 6.07) is 0. The predicted molar refractivity (Wildman–Crippen MR) is 49.7 cm³/mol. The number of piperidine rings is 1. The molecule has 0 amide bonds. The van der Waals surface area contributed by atoms with Crippen molar-refractivity contribution < 1.29 is 0 Å². The molecule has 1 unspecified atom stereocenters. The molecule has 1 aliphatic rings. The van der Waals surface area contributed by atoms with Crippen LogP contribution in [0.25, 0.3) is 0 Å². The summed E-state index contributed by atoms with van der Waals surface area (Å²) in [6.45, 7) is 10.6. The van der Waals surface area contributed by atoms with Crippen molar-refractivity contribution in [3.8, 4) is 0 Å². The maximum Gasteiger partial charge on any atom is 0.0337 e. The molecule has 1 aliphatic heterocycles. The zero-order valence-corrected chi connectivity index (χ0v) is 7.91. The van der Waals surface area contributed by atoms with Gasteiger partial charge in [0.1, 0.15) is 0 Å². The molecular formula is C10H19N. The lowest BCUT2D eigenvalue weighted by Crippen LogP contribution is -2.55. The highest BCUT2D eigenvalue weighted by atomic mass is 15.0. The van der Waals surface area contributed by atoms with Gasteiger partial charge in [0, 0.05) is 11.1 Å². The van der Waals surface area contributed by atoms with E-state index in [0.29, 0.717) is 5.54 Å². The van der Waals surface area contributed by atoms with Gasteiger partial charge in [-0.2, -0.15) is 0 Å². The van der Waals surface area contributed by atoms with E-state index in [1.54, 1.807) is 0 Å². The average molecular weight is 153 g/mol. The molecule has 1 N–H and O–H groups in total. The van der Waals surface area contributed by atoms with E-state index in [2.05, 4.69) is 32.7 Å². The highest BCUT2D eigenvalue weighted by molar-refractivity contribution is 5.05. The Morgan fingerprint density at radius 2 is 1.91 bits per heavy atom. The van der Waals surface area contributed by atoms with Crippen molar-refractivity contribution in [3.63, 3.8) is 0 Å². The first-order chi connectivity index (χ1) is 4.97. The maximum absolute atomic E-state index is 3.86. The first-order valence-electron chi connectivity index (χ1n) is 4.40. The fourth-order valence-electron chi connectivity index (χ4n) is 1.95. The van der Waals surface area contributed by atoms with E-state index in [1.807, 2.05) is 6.08 Å². The van der Waals surface area contributed by atoms with Gasteiger partial charge in [-0.3, -0.25) is 0 Å². The lowest BCUT2D eigenvalue weighted by Gasteiger charge is -2.42. The van der Waals surface area contributed by atoms with Crippen LogP contribution in [0, 0.1) is 0 Å². The molecule has 1 nitrogen and oxygen atoms in total. The molecule has 1 fully saturated rings. The molecule has 0 aromatic carbocycles. The monoisotopic (exact) mass is 153 g/mol. The van der Waals surface area contributed by atoms with Crippen LogP contribution in [-0.4, -0.2) is 11.1 Å². The highest BCUT2D eigenvalue weighted by Crippen LogP contribution is 2.28. The summed E-state index contributed by atoms with van der Waals surface area (Å²) in [4.78, 5) is 0. The van der Waals surface area contributed by atoms with Crippen LogP contribution in [0.3, 0.4) is 0 Å². The third-order valence-electron chi connectivity index (χ3n) is 2.57. The van der Waals surface area contributed by atoms with Gasteiger partial charge in [0.15, 0.2) is 0 Å². The Hall–Kier alpha value is -0.300. The average Bonchev–Trinajstić information content (AvgIpc) is 1.85. The van der Waals surface area contributed by atoms with Crippen molar-refractivity contribution in [2.75, 3.05) is 0 Å². The molecule has 0 saturated carbocycles. The van der Waals surface area contributed by atoms with E-state index < -0.39 is 0 Å². The smallest absolute Gasteiger partial charge is 0.0337 e. The molecule has 1 atom stereocenters. The van der Waals surface area contributed by atoms with Gasteiger partial charge in [-0.05, 0) is 40.0 Å². The van der Waals surface area contributed by atoms with Crippen molar-refractivity contribution >= 4 is 0 Å². The molecule has 0 aliphatic carbocycles. The summed E-state index contributed by atoms with van der Waals surface area (Å²) in [5.41, 5.74) is 0.461. The third kappa shape index (κ3) is 2.06. The van der Waals surface area contributed by atoms with E-state index in [9.17, 15) is 0 Å². The van der Waals surface area contributed by atoms with Crippen molar-refractivity contribution in [1.29, 1.82) is 0 Å². The Kier molecular flexibility index (Phi) is 2.10. The quantitative estimate of drug-likeness (QED) is 0.571. The summed E-state index contributed by atoms with van der Waals surface area (Å²) < 4.78 is 0. The fourth-order valence-corrected chi connectivity index (χ4v) is 1.95. The second-order valence-corrected chi connectivity index (χ2v) is 4.48. The minimum absolute atomic E-state index is 0.168. The zero-order valence-electron chi connectivity index (χ0n) is 7.91. The molecule has 0 bridgehead atoms. The second kappa shape index (κ2) is 2.63. The molecule has 1 heteroatoms. The highest BCUT2D eigenvalue weighted by Gasteiger charge is 2.32. The van der Waals surface area contributed by atoms with Gasteiger partial charge in [0.2, 0.25) is 0 Å². The SMILES string of the molecule is C=CC1(C)CCCC(C)(C)N1. The summed E-state index contributed by atoms with van der Waals surface area (Å²) in [5, 5.41) is 3.60. The zero-order chi connectivity index (χ0) is 8.54. The Labute approximate surface area is 69.9 Å². The van der Waals surface area contributed by atoms with Gasteiger partial charge in [0.05, 0.1) is 0 Å². The van der Waals surface area contributed by atoms with Crippen LogP contribution in [0.15, 0.2) is 12.7 Å². The van der Waals surface area contributed by atoms with E-state index in [-0.39, 0.29) is 5.54 Å². The minimum Gasteiger partial charge on any atom is -0.303 e. The van der Waals surface area contributed by atoms with E-state index in [1.165, 1.54) is 19.3 Å². The first-order valence-corrected chi connectivity index (χ1v) is 4.40. The minimum atomic E-state index is 0.168. The molecule has 0 aromatic heterocycles. The molecular weight excluding hydrogens is 134 g/mol. The van der Waals surface area contributed by atoms with Gasteiger partial charge in [-0.1, -0.05) is 6.08 Å². The fraction of sp³-hybridized carbons (Fsp3) is 0.800. The Morgan fingerprint density at radius 1 is 1.27 bits per heavy atom. The summed E-state index contributed by atoms with van der Waals surface area (Å²) in [5.74, 6) is 0. The molecule has 64 valence electrons. The Bertz CT molecular complexity index is 160. The molecule has 0 radical (unpaired) electrons. The third-order valence-corrected chi connectivity index (χ3v) is 2.57. The number of hydrogen-bond acceptors (Lipinski definition) is 1. The molecule has 1 saturated heterocycles. The Balaban J connectivity index is 2.66. The lowest BCUT2D eigenvalue weighted by atomic mass is 9.82. The number of rotatable bonds is 1. The first kappa shape index (κ1) is 8.79. The van der Waals surface area contributed by atoms with Gasteiger partial charge >= 0.3 is 0 Å². The Morgan fingerprint density at radius 3 is 2.27 bits per heavy atom. The van der Waals surface area contributed by atoms with E-state index >= 15 is 0 Å². The predicted octanol–water partition coefficient (Wildman–Crippen LogP) is 2.48. The lowest BCUT2D eigenvalue weighted by molar-refractivity contribution is 0.205. The molecule has 0 aromatic rings. The number of nitrogens with one attached hydrogen (secondary N) is 1. The van der Waals surface area contributed by atoms with Crippen LogP contribution in [0.2, 0.25) is 0 Å². The van der Waals surface area contributed by atoms with Crippen LogP contribution in [0.4, 0.5) is 0 Å². The van der Waals surface area contributed by atoms with Crippen molar-refractivity contribution in [2.24, 2.45) is 0 Å². The van der Waals surface area contributed by atoms with E-state index in [4.69, 9.17) is 0 Å². The van der Waals surface area contributed by atoms with Crippen molar-refractivity contribution in [1.82, 2.24) is 5.32 Å². The normalized spacial score (nSPS) is 36.6. The van der Waals surface area contributed by atoms with Crippen LogP contribution in [0.5, 0.6) is 0 Å². The second-order valence-electron chi connectivity index (χ2n) is 4.48. The topological polar surface area (TPSA) is 12.0 Å². The van der Waals surface area contributed by atoms with Gasteiger partial charge in [0.25, 0.3) is 0 Å². The van der Waals surface area contributed by atoms with Crippen LogP contribution in [-0.2, 0) is 0 Å². The largest absolute Gasteiger partial charge is 0.303 e. The summed E-state index contributed by atoms with van der Waals surface area (Å²) >= 11 is 0. The van der Waals surface area contributed by atoms with Crippen LogP contribution in [0.1, 0.15) is 40.0 Å². The van der Waals surface area contributed by atoms with Crippen molar-refractivity contribution in [3.05, 3.63) is 12.7 Å². The molecule has 1 heterocycles. The summed E-state index contributed by atoms with van der Waals surface area (Å²) in [6.07, 6.45) is 5.84. The van der Waals surface area contributed by atoms with Gasteiger partial charge in [-0.15, -0.1) is 6.58 Å². The van der Waals surface area contributed by atoms with Crippen LogP contribution < -0.4 is 5.32 Å². The standard InChI is InChI=1S/C10H19N/c1-5-10(4)8-6-7-9(2,3)11-10/h5,11H,1,6-8H2,2-4H3. The van der Waals surface area contributed by atoms with Crippen molar-refractivity contribution in [2.45, 2.75) is 51.1 Å². The maximum atomic E-state index is 3.86. The van der Waals surface area contributed by atoms with Gasteiger partial charge in [-0.25, -0.2) is 0 Å². The molecule has 0 spiro atoms. The molecule has 1 rings (SSSR count). The van der Waals surface area contributed by atoms with Crippen LogP contribution >= 0.6 is 0 Å².